The summed E-state index contributed by atoms with van der Waals surface area (Å²) in [6.45, 7) is 8.90. The van der Waals surface area contributed by atoms with Crippen LogP contribution < -0.4 is 5.32 Å². The molecular formula is C29H34ClFN4O3S. The molecule has 0 unspecified atom stereocenters. The Morgan fingerprint density at radius 2 is 1.92 bits per heavy atom. The Morgan fingerprint density at radius 1 is 1.21 bits per heavy atom. The van der Waals surface area contributed by atoms with Crippen LogP contribution in [0.2, 0.25) is 5.02 Å². The lowest BCUT2D eigenvalue weighted by atomic mass is 9.67. The van der Waals surface area contributed by atoms with Crippen LogP contribution >= 0.6 is 11.6 Å². The summed E-state index contributed by atoms with van der Waals surface area (Å²) in [5.41, 5.74) is 0.531. The predicted molar refractivity (Wildman–Crippen MR) is 151 cm³/mol. The molecule has 1 aliphatic carbocycles. The Balaban J connectivity index is 1.33. The van der Waals surface area contributed by atoms with Crippen molar-refractivity contribution in [1.29, 1.82) is 0 Å². The van der Waals surface area contributed by atoms with Gasteiger partial charge in [-0.05, 0) is 81.4 Å². The molecule has 1 N–H and O–H groups in total. The van der Waals surface area contributed by atoms with E-state index in [4.69, 9.17) is 16.6 Å². The van der Waals surface area contributed by atoms with Gasteiger partial charge in [-0.1, -0.05) is 42.4 Å². The van der Waals surface area contributed by atoms with Crippen LogP contribution in [0.3, 0.4) is 0 Å². The number of carbonyl (C=O) groups is 1. The first kappa shape index (κ1) is 27.8. The summed E-state index contributed by atoms with van der Waals surface area (Å²) < 4.78 is 42.6. The number of nitrogens with one attached hydrogen (secondary N) is 1. The number of carbonyl (C=O) groups excluding carboxylic acids is 1. The minimum atomic E-state index is -3.89. The average molecular weight is 573 g/mol. The molecule has 2 heterocycles. The molecule has 0 bridgehead atoms. The second-order valence-corrected chi connectivity index (χ2v) is 13.6. The Morgan fingerprint density at radius 3 is 2.51 bits per heavy atom. The molecule has 1 amide bonds. The first-order valence-corrected chi connectivity index (χ1v) is 15.1. The molecule has 7 nitrogen and oxygen atoms in total. The zero-order valence-electron chi connectivity index (χ0n) is 22.3. The molecule has 0 aromatic heterocycles. The molecule has 2 aromatic carbocycles. The van der Waals surface area contributed by atoms with E-state index < -0.39 is 27.4 Å². The minimum Gasteiger partial charge on any atom is -0.363 e. The SMILES string of the molecule is C=C(CCN(Cc1ccc(Cl)c(F)c1)S(=O)(=O)c1ccccc1)C1=N[C@@H](C(=O)N2CCC23CCC3)C(C)(C)N1. The van der Waals surface area contributed by atoms with Crippen molar-refractivity contribution in [1.82, 2.24) is 14.5 Å². The maximum absolute atomic E-state index is 14.1. The summed E-state index contributed by atoms with van der Waals surface area (Å²) in [6, 6.07) is 11.8. The van der Waals surface area contributed by atoms with Gasteiger partial charge < -0.3 is 10.2 Å². The predicted octanol–water partition coefficient (Wildman–Crippen LogP) is 4.92. The quantitative estimate of drug-likeness (QED) is 0.462. The van der Waals surface area contributed by atoms with Gasteiger partial charge in [0.2, 0.25) is 15.9 Å². The molecule has 10 heteroatoms. The van der Waals surface area contributed by atoms with E-state index in [0.717, 1.165) is 32.2 Å². The number of likely N-dealkylation sites (tertiary alicyclic amines) is 1. The fourth-order valence-corrected chi connectivity index (χ4v) is 7.19. The van der Waals surface area contributed by atoms with Crippen molar-refractivity contribution in [3.63, 3.8) is 0 Å². The van der Waals surface area contributed by atoms with Gasteiger partial charge in [0.25, 0.3) is 0 Å². The van der Waals surface area contributed by atoms with Crippen LogP contribution in [0, 0.1) is 5.82 Å². The van der Waals surface area contributed by atoms with Crippen molar-refractivity contribution in [2.75, 3.05) is 13.1 Å². The van der Waals surface area contributed by atoms with Gasteiger partial charge in [-0.3, -0.25) is 9.79 Å². The van der Waals surface area contributed by atoms with E-state index in [2.05, 4.69) is 11.9 Å². The topological polar surface area (TPSA) is 82.1 Å². The van der Waals surface area contributed by atoms with E-state index in [1.165, 1.54) is 28.6 Å². The van der Waals surface area contributed by atoms with E-state index in [9.17, 15) is 17.6 Å². The Labute approximate surface area is 234 Å². The maximum atomic E-state index is 14.1. The van der Waals surface area contributed by atoms with E-state index in [0.29, 0.717) is 17.0 Å². The number of rotatable bonds is 9. The summed E-state index contributed by atoms with van der Waals surface area (Å²) >= 11 is 5.83. The van der Waals surface area contributed by atoms with Crippen molar-refractivity contribution < 1.29 is 17.6 Å². The third-order valence-corrected chi connectivity index (χ3v) is 10.4. The number of aliphatic imine (C=N–C) groups is 1. The smallest absolute Gasteiger partial charge is 0.250 e. The molecule has 0 radical (unpaired) electrons. The van der Waals surface area contributed by atoms with Gasteiger partial charge in [0.15, 0.2) is 6.04 Å². The van der Waals surface area contributed by atoms with Gasteiger partial charge in [0.05, 0.1) is 15.5 Å². The largest absolute Gasteiger partial charge is 0.363 e. The third kappa shape index (κ3) is 5.24. The van der Waals surface area contributed by atoms with Gasteiger partial charge in [-0.2, -0.15) is 4.31 Å². The maximum Gasteiger partial charge on any atom is 0.250 e. The highest BCUT2D eigenvalue weighted by Gasteiger charge is 2.55. The van der Waals surface area contributed by atoms with Crippen molar-refractivity contribution in [2.24, 2.45) is 4.99 Å². The van der Waals surface area contributed by atoms with Crippen LogP contribution in [0.5, 0.6) is 0 Å². The van der Waals surface area contributed by atoms with E-state index in [1.807, 2.05) is 18.7 Å². The lowest BCUT2D eigenvalue weighted by Gasteiger charge is -2.59. The fourth-order valence-electron chi connectivity index (χ4n) is 5.62. The average Bonchev–Trinajstić information content (AvgIpc) is 3.17. The van der Waals surface area contributed by atoms with Crippen LogP contribution in [-0.2, 0) is 21.4 Å². The second-order valence-electron chi connectivity index (χ2n) is 11.3. The normalized spacial score (nSPS) is 21.2. The van der Waals surface area contributed by atoms with E-state index >= 15 is 0 Å². The Hall–Kier alpha value is -2.75. The van der Waals surface area contributed by atoms with Crippen LogP contribution in [0.25, 0.3) is 0 Å². The molecule has 5 rings (SSSR count). The third-order valence-electron chi connectivity index (χ3n) is 8.26. The summed E-state index contributed by atoms with van der Waals surface area (Å²) in [7, 11) is -3.89. The van der Waals surface area contributed by atoms with Crippen molar-refractivity contribution >= 4 is 33.4 Å². The second kappa shape index (κ2) is 10.3. The molecule has 208 valence electrons. The Bertz CT molecular complexity index is 1420. The zero-order valence-corrected chi connectivity index (χ0v) is 23.9. The molecule has 3 aliphatic rings. The molecule has 2 fully saturated rings. The summed E-state index contributed by atoms with van der Waals surface area (Å²) in [6.07, 6.45) is 4.62. The van der Waals surface area contributed by atoms with Gasteiger partial charge in [-0.15, -0.1) is 0 Å². The van der Waals surface area contributed by atoms with Crippen molar-refractivity contribution in [3.05, 3.63) is 77.1 Å². The number of hydrogen-bond donors (Lipinski definition) is 1. The lowest BCUT2D eigenvalue weighted by molar-refractivity contribution is -0.158. The highest BCUT2D eigenvalue weighted by Crippen LogP contribution is 2.48. The van der Waals surface area contributed by atoms with Gasteiger partial charge in [0.1, 0.15) is 11.7 Å². The molecule has 1 atom stereocenters. The van der Waals surface area contributed by atoms with Crippen LogP contribution in [0.1, 0.15) is 51.5 Å². The number of sulfonamides is 1. The molecule has 1 saturated carbocycles. The molecular weight excluding hydrogens is 539 g/mol. The van der Waals surface area contributed by atoms with Crippen molar-refractivity contribution in [2.45, 2.75) is 74.5 Å². The summed E-state index contributed by atoms with van der Waals surface area (Å²) in [4.78, 5) is 20.3. The number of benzene rings is 2. The van der Waals surface area contributed by atoms with Gasteiger partial charge >= 0.3 is 0 Å². The Kier molecular flexibility index (Phi) is 7.37. The number of nitrogens with zero attached hydrogens (tertiary/aromatic N) is 3. The first-order chi connectivity index (χ1) is 18.4. The zero-order chi connectivity index (χ0) is 28.0. The number of hydrogen-bond acceptors (Lipinski definition) is 5. The molecule has 39 heavy (non-hydrogen) atoms. The standard InChI is InChI=1S/C29H34ClFN4O3S/c1-20(26-32-25(28(2,3)33-26)27(36)35-17-15-29(35)13-7-14-29)12-16-34(19-21-10-11-23(30)24(31)18-21)39(37,38)22-8-5-4-6-9-22/h4-6,8-11,18,25H,1,7,12-17,19H2,2-3H3,(H,32,33)/t25-/m0/s1. The van der Waals surface area contributed by atoms with Gasteiger partial charge in [-0.25, -0.2) is 12.8 Å². The lowest BCUT2D eigenvalue weighted by Crippen LogP contribution is -2.68. The van der Waals surface area contributed by atoms with Crippen LogP contribution in [-0.4, -0.2) is 59.6 Å². The number of amides is 1. The first-order valence-electron chi connectivity index (χ1n) is 13.3. The summed E-state index contributed by atoms with van der Waals surface area (Å²) in [5, 5.41) is 3.33. The number of amidine groups is 1. The molecule has 1 saturated heterocycles. The molecule has 2 aromatic rings. The van der Waals surface area contributed by atoms with E-state index in [1.54, 1.807) is 24.3 Å². The van der Waals surface area contributed by atoms with Crippen LogP contribution in [0.15, 0.2) is 70.6 Å². The molecule has 1 spiro atoms. The highest BCUT2D eigenvalue weighted by molar-refractivity contribution is 7.89. The molecule has 2 aliphatic heterocycles. The minimum absolute atomic E-state index is 0.0249. The number of halogens is 2. The van der Waals surface area contributed by atoms with Crippen LogP contribution in [0.4, 0.5) is 4.39 Å². The van der Waals surface area contributed by atoms with E-state index in [-0.39, 0.29) is 40.9 Å². The monoisotopic (exact) mass is 572 g/mol. The van der Waals surface area contributed by atoms with Crippen molar-refractivity contribution in [3.8, 4) is 0 Å². The summed E-state index contributed by atoms with van der Waals surface area (Å²) in [5.74, 6) is -0.0422. The van der Waals surface area contributed by atoms with Gasteiger partial charge in [0, 0.05) is 25.2 Å². The fraction of sp³-hybridized carbons (Fsp3) is 0.448. The highest BCUT2D eigenvalue weighted by atomic mass is 35.5.